The largest absolute Gasteiger partial charge is 0.383 e. The van der Waals surface area contributed by atoms with Crippen molar-refractivity contribution in [3.63, 3.8) is 0 Å². The van der Waals surface area contributed by atoms with Gasteiger partial charge >= 0.3 is 0 Å². The number of ether oxygens (including phenoxy) is 2. The van der Waals surface area contributed by atoms with Crippen LogP contribution in [0.1, 0.15) is 12.8 Å². The third kappa shape index (κ3) is 3.92. The van der Waals surface area contributed by atoms with Crippen molar-refractivity contribution >= 4 is 0 Å². The average Bonchev–Trinajstić information content (AvgIpc) is 2.71. The number of hydrogen-bond acceptors (Lipinski definition) is 4. The van der Waals surface area contributed by atoms with Gasteiger partial charge in [-0.1, -0.05) is 0 Å². The van der Waals surface area contributed by atoms with Gasteiger partial charge in [-0.25, -0.2) is 0 Å². The van der Waals surface area contributed by atoms with Crippen molar-refractivity contribution in [1.82, 2.24) is 4.90 Å². The van der Waals surface area contributed by atoms with Crippen molar-refractivity contribution in [3.05, 3.63) is 0 Å². The Balaban J connectivity index is 2.26. The predicted molar refractivity (Wildman–Crippen MR) is 56.3 cm³/mol. The Morgan fingerprint density at radius 3 is 2.93 bits per heavy atom. The highest BCUT2D eigenvalue weighted by Gasteiger charge is 2.22. The van der Waals surface area contributed by atoms with E-state index in [0.717, 1.165) is 52.3 Å². The van der Waals surface area contributed by atoms with Gasteiger partial charge in [-0.3, -0.25) is 4.90 Å². The Morgan fingerprint density at radius 2 is 2.36 bits per heavy atom. The Hall–Kier alpha value is -0.160. The van der Waals surface area contributed by atoms with Crippen LogP contribution in [0.2, 0.25) is 0 Å². The molecule has 84 valence electrons. The molecule has 1 aliphatic heterocycles. The van der Waals surface area contributed by atoms with Crippen LogP contribution in [0.5, 0.6) is 0 Å². The molecule has 0 aliphatic carbocycles. The van der Waals surface area contributed by atoms with Gasteiger partial charge in [-0.15, -0.1) is 0 Å². The number of methoxy groups -OCH3 is 1. The van der Waals surface area contributed by atoms with Crippen molar-refractivity contribution in [1.29, 1.82) is 0 Å². The van der Waals surface area contributed by atoms with Crippen LogP contribution in [0.15, 0.2) is 0 Å². The van der Waals surface area contributed by atoms with E-state index >= 15 is 0 Å². The summed E-state index contributed by atoms with van der Waals surface area (Å²) in [5, 5.41) is 0. The maximum absolute atomic E-state index is 5.51. The number of nitrogens with two attached hydrogens (primary N) is 1. The first-order valence-corrected chi connectivity index (χ1v) is 5.39. The molecule has 0 aromatic heterocycles. The van der Waals surface area contributed by atoms with Gasteiger partial charge in [-0.05, 0) is 25.9 Å². The lowest BCUT2D eigenvalue weighted by atomic mass is 10.2. The van der Waals surface area contributed by atoms with Crippen LogP contribution in [0.25, 0.3) is 0 Å². The molecule has 1 fully saturated rings. The Labute approximate surface area is 86.3 Å². The zero-order valence-electron chi connectivity index (χ0n) is 9.08. The van der Waals surface area contributed by atoms with E-state index < -0.39 is 0 Å². The summed E-state index contributed by atoms with van der Waals surface area (Å²) in [7, 11) is 1.74. The van der Waals surface area contributed by atoms with Crippen LogP contribution in [0.4, 0.5) is 0 Å². The molecule has 0 aromatic carbocycles. The van der Waals surface area contributed by atoms with E-state index in [1.807, 2.05) is 0 Å². The fourth-order valence-electron chi connectivity index (χ4n) is 1.79. The fraction of sp³-hybridized carbons (Fsp3) is 1.00. The van der Waals surface area contributed by atoms with Crippen molar-refractivity contribution in [2.45, 2.75) is 18.9 Å². The van der Waals surface area contributed by atoms with Gasteiger partial charge < -0.3 is 15.2 Å². The van der Waals surface area contributed by atoms with Crippen molar-refractivity contribution in [2.24, 2.45) is 5.73 Å². The van der Waals surface area contributed by atoms with Gasteiger partial charge in [0.2, 0.25) is 0 Å². The van der Waals surface area contributed by atoms with Crippen LogP contribution >= 0.6 is 0 Å². The molecule has 0 amide bonds. The normalized spacial score (nSPS) is 22.1. The maximum Gasteiger partial charge on any atom is 0.0622 e. The molecule has 0 aromatic rings. The highest BCUT2D eigenvalue weighted by atomic mass is 16.5. The minimum atomic E-state index is 0.580. The van der Waals surface area contributed by atoms with Gasteiger partial charge in [-0.2, -0.15) is 0 Å². The lowest BCUT2D eigenvalue weighted by Gasteiger charge is -2.27. The smallest absolute Gasteiger partial charge is 0.0622 e. The SMILES string of the molecule is COCCN(CCCN)C1CCOC1. The molecule has 1 aliphatic rings. The zero-order valence-corrected chi connectivity index (χ0v) is 9.08. The molecule has 1 atom stereocenters. The van der Waals surface area contributed by atoms with E-state index in [1.165, 1.54) is 0 Å². The van der Waals surface area contributed by atoms with E-state index in [2.05, 4.69) is 4.90 Å². The summed E-state index contributed by atoms with van der Waals surface area (Å²) in [6.45, 7) is 5.38. The summed E-state index contributed by atoms with van der Waals surface area (Å²) < 4.78 is 10.5. The van der Waals surface area contributed by atoms with Crippen LogP contribution in [-0.4, -0.2) is 57.5 Å². The molecule has 0 spiro atoms. The van der Waals surface area contributed by atoms with Gasteiger partial charge in [0.25, 0.3) is 0 Å². The molecule has 0 saturated carbocycles. The molecular weight excluding hydrogens is 180 g/mol. The van der Waals surface area contributed by atoms with Crippen LogP contribution in [0, 0.1) is 0 Å². The summed E-state index contributed by atoms with van der Waals surface area (Å²) in [5.74, 6) is 0. The fourth-order valence-corrected chi connectivity index (χ4v) is 1.79. The summed E-state index contributed by atoms with van der Waals surface area (Å²) in [6.07, 6.45) is 2.20. The summed E-state index contributed by atoms with van der Waals surface area (Å²) in [6, 6.07) is 0.580. The summed E-state index contributed by atoms with van der Waals surface area (Å²) in [4.78, 5) is 2.43. The lowest BCUT2D eigenvalue weighted by Crippen LogP contribution is -2.39. The Morgan fingerprint density at radius 1 is 1.50 bits per heavy atom. The lowest BCUT2D eigenvalue weighted by molar-refractivity contribution is 0.105. The van der Waals surface area contributed by atoms with E-state index in [1.54, 1.807) is 7.11 Å². The third-order valence-electron chi connectivity index (χ3n) is 2.65. The standard InChI is InChI=1S/C10H22N2O2/c1-13-8-6-12(5-2-4-11)10-3-7-14-9-10/h10H,2-9,11H2,1H3. The first kappa shape index (κ1) is 11.9. The predicted octanol–water partition coefficient (Wildman–Crippen LogP) is 0.0725. The quantitative estimate of drug-likeness (QED) is 0.635. The van der Waals surface area contributed by atoms with Gasteiger partial charge in [0, 0.05) is 26.3 Å². The molecular formula is C10H22N2O2. The average molecular weight is 202 g/mol. The molecule has 2 N–H and O–H groups in total. The Kier molecular flexibility index (Phi) is 6.10. The monoisotopic (exact) mass is 202 g/mol. The topological polar surface area (TPSA) is 47.7 Å². The zero-order chi connectivity index (χ0) is 10.2. The van der Waals surface area contributed by atoms with E-state index in [-0.39, 0.29) is 0 Å². The molecule has 1 rings (SSSR count). The summed E-state index contributed by atoms with van der Waals surface area (Å²) >= 11 is 0. The van der Waals surface area contributed by atoms with Gasteiger partial charge in [0.1, 0.15) is 0 Å². The van der Waals surface area contributed by atoms with Gasteiger partial charge in [0.15, 0.2) is 0 Å². The first-order valence-electron chi connectivity index (χ1n) is 5.39. The second kappa shape index (κ2) is 7.17. The molecule has 0 bridgehead atoms. The maximum atomic E-state index is 5.51. The second-order valence-corrected chi connectivity index (χ2v) is 3.69. The second-order valence-electron chi connectivity index (χ2n) is 3.69. The number of nitrogens with zero attached hydrogens (tertiary/aromatic N) is 1. The molecule has 1 unspecified atom stereocenters. The van der Waals surface area contributed by atoms with Crippen molar-refractivity contribution in [3.8, 4) is 0 Å². The van der Waals surface area contributed by atoms with E-state index in [0.29, 0.717) is 6.04 Å². The van der Waals surface area contributed by atoms with Crippen LogP contribution in [-0.2, 0) is 9.47 Å². The number of rotatable bonds is 7. The third-order valence-corrected chi connectivity index (χ3v) is 2.65. The van der Waals surface area contributed by atoms with E-state index in [9.17, 15) is 0 Å². The van der Waals surface area contributed by atoms with E-state index in [4.69, 9.17) is 15.2 Å². The molecule has 14 heavy (non-hydrogen) atoms. The minimum absolute atomic E-state index is 0.580. The highest BCUT2D eigenvalue weighted by Crippen LogP contribution is 2.12. The Bertz CT molecular complexity index is 130. The molecule has 4 nitrogen and oxygen atoms in total. The summed E-state index contributed by atoms with van der Waals surface area (Å²) in [5.41, 5.74) is 5.51. The highest BCUT2D eigenvalue weighted by molar-refractivity contribution is 4.75. The van der Waals surface area contributed by atoms with Crippen LogP contribution in [0.3, 0.4) is 0 Å². The van der Waals surface area contributed by atoms with Crippen LogP contribution < -0.4 is 5.73 Å². The molecule has 1 heterocycles. The van der Waals surface area contributed by atoms with Crippen molar-refractivity contribution < 1.29 is 9.47 Å². The minimum Gasteiger partial charge on any atom is -0.383 e. The first-order chi connectivity index (χ1) is 6.88. The molecule has 0 radical (unpaired) electrons. The van der Waals surface area contributed by atoms with Crippen molar-refractivity contribution in [2.75, 3.05) is 46.6 Å². The molecule has 1 saturated heterocycles. The van der Waals surface area contributed by atoms with Gasteiger partial charge in [0.05, 0.1) is 13.2 Å². The number of hydrogen-bond donors (Lipinski definition) is 1. The molecule has 4 heteroatoms.